The summed E-state index contributed by atoms with van der Waals surface area (Å²) in [7, 11) is 1.63. The SMILES string of the molecule is CCn1c(-n2nc(C)cc2C)nc2c1c(=O)n(Cc1ccc(Cl)cc1)c(=O)n2C. The van der Waals surface area contributed by atoms with Crippen LogP contribution in [0.3, 0.4) is 0 Å². The number of fused-ring (bicyclic) bond motifs is 1. The van der Waals surface area contributed by atoms with Crippen molar-refractivity contribution in [3.8, 4) is 5.95 Å². The Balaban J connectivity index is 1.99. The normalized spacial score (nSPS) is 11.5. The minimum atomic E-state index is -0.418. The van der Waals surface area contributed by atoms with E-state index in [1.807, 2.05) is 26.8 Å². The molecule has 150 valence electrons. The van der Waals surface area contributed by atoms with Gasteiger partial charge in [-0.15, -0.1) is 0 Å². The summed E-state index contributed by atoms with van der Waals surface area (Å²) in [6.45, 7) is 6.43. The van der Waals surface area contributed by atoms with Gasteiger partial charge in [-0.2, -0.15) is 10.1 Å². The van der Waals surface area contributed by atoms with Crippen molar-refractivity contribution in [2.24, 2.45) is 7.05 Å². The molecule has 0 radical (unpaired) electrons. The van der Waals surface area contributed by atoms with Crippen LogP contribution in [0.5, 0.6) is 0 Å². The predicted molar refractivity (Wildman–Crippen MR) is 112 cm³/mol. The number of hydrogen-bond acceptors (Lipinski definition) is 4. The lowest BCUT2D eigenvalue weighted by Gasteiger charge is -2.10. The number of imidazole rings is 1. The van der Waals surface area contributed by atoms with E-state index in [-0.39, 0.29) is 12.1 Å². The average molecular weight is 413 g/mol. The zero-order valence-corrected chi connectivity index (χ0v) is 17.4. The molecule has 0 spiro atoms. The first-order chi connectivity index (χ1) is 13.8. The van der Waals surface area contributed by atoms with Gasteiger partial charge in [0.05, 0.1) is 12.2 Å². The van der Waals surface area contributed by atoms with Gasteiger partial charge in [0.15, 0.2) is 11.2 Å². The van der Waals surface area contributed by atoms with Crippen LogP contribution in [0.1, 0.15) is 23.9 Å². The van der Waals surface area contributed by atoms with Gasteiger partial charge in [-0.25, -0.2) is 9.48 Å². The lowest BCUT2D eigenvalue weighted by atomic mass is 10.2. The molecule has 0 aliphatic carbocycles. The van der Waals surface area contributed by atoms with E-state index >= 15 is 0 Å². The summed E-state index contributed by atoms with van der Waals surface area (Å²) in [4.78, 5) is 30.8. The Morgan fingerprint density at radius 2 is 1.76 bits per heavy atom. The van der Waals surface area contributed by atoms with Crippen molar-refractivity contribution in [3.63, 3.8) is 0 Å². The Bertz CT molecular complexity index is 1340. The van der Waals surface area contributed by atoms with Crippen LogP contribution in [0.2, 0.25) is 5.02 Å². The highest BCUT2D eigenvalue weighted by Crippen LogP contribution is 2.17. The molecule has 0 N–H and O–H groups in total. The molecule has 3 aromatic heterocycles. The van der Waals surface area contributed by atoms with Crippen molar-refractivity contribution in [2.75, 3.05) is 0 Å². The second kappa shape index (κ2) is 7.04. The molecule has 0 atom stereocenters. The number of nitrogens with zero attached hydrogens (tertiary/aromatic N) is 6. The summed E-state index contributed by atoms with van der Waals surface area (Å²) >= 11 is 5.94. The summed E-state index contributed by atoms with van der Waals surface area (Å²) < 4.78 is 6.14. The van der Waals surface area contributed by atoms with Crippen LogP contribution in [-0.4, -0.2) is 28.5 Å². The van der Waals surface area contributed by atoms with Crippen LogP contribution in [0.4, 0.5) is 0 Å². The standard InChI is InChI=1S/C20H21ClN6O2/c1-5-25-16-17(22-19(25)27-13(3)10-12(2)23-27)24(4)20(29)26(18(16)28)11-14-6-8-15(21)9-7-14/h6-10H,5,11H2,1-4H3. The van der Waals surface area contributed by atoms with Gasteiger partial charge in [-0.1, -0.05) is 23.7 Å². The van der Waals surface area contributed by atoms with E-state index in [4.69, 9.17) is 11.6 Å². The molecule has 8 nitrogen and oxygen atoms in total. The molecule has 0 unspecified atom stereocenters. The van der Waals surface area contributed by atoms with Crippen LogP contribution >= 0.6 is 11.6 Å². The second-order valence-corrected chi connectivity index (χ2v) is 7.46. The number of rotatable bonds is 4. The summed E-state index contributed by atoms with van der Waals surface area (Å²) in [6.07, 6.45) is 0. The smallest absolute Gasteiger partial charge is 0.303 e. The predicted octanol–water partition coefficient (Wildman–Crippen LogP) is 2.42. The summed E-state index contributed by atoms with van der Waals surface area (Å²) in [5.41, 5.74) is 2.50. The molecule has 0 fully saturated rings. The molecule has 0 aliphatic heterocycles. The molecule has 4 rings (SSSR count). The fraction of sp³-hybridized carbons (Fsp3) is 0.300. The van der Waals surface area contributed by atoms with Crippen LogP contribution in [0, 0.1) is 13.8 Å². The van der Waals surface area contributed by atoms with Crippen molar-refractivity contribution in [3.05, 3.63) is 73.1 Å². The van der Waals surface area contributed by atoms with Crippen LogP contribution < -0.4 is 11.2 Å². The number of benzene rings is 1. The van der Waals surface area contributed by atoms with E-state index in [2.05, 4.69) is 10.1 Å². The molecular formula is C20H21ClN6O2. The molecule has 0 bridgehead atoms. The highest BCUT2D eigenvalue weighted by molar-refractivity contribution is 6.30. The third kappa shape index (κ3) is 3.09. The largest absolute Gasteiger partial charge is 0.332 e. The average Bonchev–Trinajstić information content (AvgIpc) is 3.24. The highest BCUT2D eigenvalue weighted by atomic mass is 35.5. The fourth-order valence-corrected chi connectivity index (χ4v) is 3.69. The van der Waals surface area contributed by atoms with E-state index in [0.29, 0.717) is 28.7 Å². The van der Waals surface area contributed by atoms with Crippen LogP contribution in [0.15, 0.2) is 39.9 Å². The summed E-state index contributed by atoms with van der Waals surface area (Å²) in [5, 5.41) is 5.09. The van der Waals surface area contributed by atoms with Gasteiger partial charge < -0.3 is 4.57 Å². The van der Waals surface area contributed by atoms with Crippen LogP contribution in [0.25, 0.3) is 17.1 Å². The Hall–Kier alpha value is -3.13. The van der Waals surface area contributed by atoms with E-state index in [0.717, 1.165) is 17.0 Å². The summed E-state index contributed by atoms with van der Waals surface area (Å²) in [6, 6.07) is 9.02. The Kier molecular flexibility index (Phi) is 4.66. The second-order valence-electron chi connectivity index (χ2n) is 7.03. The number of aryl methyl sites for hydroxylation is 4. The fourth-order valence-electron chi connectivity index (χ4n) is 3.56. The van der Waals surface area contributed by atoms with Crippen molar-refractivity contribution in [1.29, 1.82) is 0 Å². The third-order valence-corrected chi connectivity index (χ3v) is 5.23. The molecule has 0 saturated carbocycles. The topological polar surface area (TPSA) is 79.6 Å². The summed E-state index contributed by atoms with van der Waals surface area (Å²) in [5.74, 6) is 0.518. The van der Waals surface area contributed by atoms with E-state index in [1.54, 1.807) is 40.6 Å². The van der Waals surface area contributed by atoms with Crippen LogP contribution in [-0.2, 0) is 20.1 Å². The Morgan fingerprint density at radius 3 is 2.34 bits per heavy atom. The van der Waals surface area contributed by atoms with Gasteiger partial charge in [0.2, 0.25) is 5.95 Å². The molecule has 9 heteroatoms. The van der Waals surface area contributed by atoms with Gasteiger partial charge in [0.1, 0.15) is 0 Å². The first-order valence-electron chi connectivity index (χ1n) is 9.30. The number of halogens is 1. The zero-order valence-electron chi connectivity index (χ0n) is 16.7. The molecular weight excluding hydrogens is 392 g/mol. The monoisotopic (exact) mass is 412 g/mol. The molecule has 0 aliphatic rings. The molecule has 0 saturated heterocycles. The quantitative estimate of drug-likeness (QED) is 0.515. The van der Waals surface area contributed by atoms with Crippen molar-refractivity contribution >= 4 is 22.8 Å². The van der Waals surface area contributed by atoms with Gasteiger partial charge >= 0.3 is 5.69 Å². The van der Waals surface area contributed by atoms with Crippen molar-refractivity contribution in [2.45, 2.75) is 33.9 Å². The molecule has 29 heavy (non-hydrogen) atoms. The van der Waals surface area contributed by atoms with Crippen molar-refractivity contribution in [1.82, 2.24) is 28.5 Å². The Morgan fingerprint density at radius 1 is 1.07 bits per heavy atom. The maximum atomic E-state index is 13.3. The third-order valence-electron chi connectivity index (χ3n) is 4.98. The minimum Gasteiger partial charge on any atom is -0.303 e. The molecule has 3 heterocycles. The molecule has 4 aromatic rings. The number of hydrogen-bond donors (Lipinski definition) is 0. The zero-order chi connectivity index (χ0) is 20.9. The lowest BCUT2D eigenvalue weighted by Crippen LogP contribution is -2.39. The van der Waals surface area contributed by atoms with E-state index < -0.39 is 5.69 Å². The van der Waals surface area contributed by atoms with Crippen molar-refractivity contribution < 1.29 is 0 Å². The first kappa shape index (κ1) is 19.2. The number of aromatic nitrogens is 6. The highest BCUT2D eigenvalue weighted by Gasteiger charge is 2.21. The molecule has 0 amide bonds. The first-order valence-corrected chi connectivity index (χ1v) is 9.67. The lowest BCUT2D eigenvalue weighted by molar-refractivity contribution is 0.649. The molecule has 1 aromatic carbocycles. The van der Waals surface area contributed by atoms with Gasteiger partial charge in [-0.3, -0.25) is 13.9 Å². The maximum Gasteiger partial charge on any atom is 0.332 e. The minimum absolute atomic E-state index is 0.156. The van der Waals surface area contributed by atoms with Gasteiger partial charge in [0.25, 0.3) is 5.56 Å². The van der Waals surface area contributed by atoms with Gasteiger partial charge in [0, 0.05) is 24.3 Å². The van der Waals surface area contributed by atoms with Gasteiger partial charge in [-0.05, 0) is 44.5 Å². The van der Waals surface area contributed by atoms with E-state index in [1.165, 1.54) is 9.13 Å². The van der Waals surface area contributed by atoms with E-state index in [9.17, 15) is 9.59 Å². The maximum absolute atomic E-state index is 13.3. The Labute approximate surface area is 171 Å².